The molecule has 0 fully saturated rings. The Balaban J connectivity index is 4.45. The standard InChI is InChI=1S/C11H24N2O3S/c1-6-12-9(2)7-10(3)17(15,16)8-11(14)13(4)5/h9-10,12H,6-8H2,1-5H3. The summed E-state index contributed by atoms with van der Waals surface area (Å²) in [5.74, 6) is -0.770. The van der Waals surface area contributed by atoms with Crippen molar-refractivity contribution in [3.8, 4) is 0 Å². The van der Waals surface area contributed by atoms with E-state index >= 15 is 0 Å². The highest BCUT2D eigenvalue weighted by molar-refractivity contribution is 7.92. The number of carbonyl (C=O) groups excluding carboxylic acids is 1. The van der Waals surface area contributed by atoms with E-state index < -0.39 is 20.8 Å². The van der Waals surface area contributed by atoms with Crippen LogP contribution in [0.3, 0.4) is 0 Å². The van der Waals surface area contributed by atoms with Crippen LogP contribution in [0.15, 0.2) is 0 Å². The van der Waals surface area contributed by atoms with Gasteiger partial charge in [0.1, 0.15) is 5.75 Å². The maximum Gasteiger partial charge on any atom is 0.237 e. The van der Waals surface area contributed by atoms with Gasteiger partial charge < -0.3 is 10.2 Å². The molecule has 0 rings (SSSR count). The number of carbonyl (C=O) groups is 1. The highest BCUT2D eigenvalue weighted by atomic mass is 32.2. The third-order valence-electron chi connectivity index (χ3n) is 2.67. The zero-order valence-corrected chi connectivity index (χ0v) is 12.2. The van der Waals surface area contributed by atoms with Gasteiger partial charge in [0.05, 0.1) is 5.25 Å². The maximum absolute atomic E-state index is 11.9. The lowest BCUT2D eigenvalue weighted by Gasteiger charge is -2.19. The van der Waals surface area contributed by atoms with E-state index in [0.29, 0.717) is 6.42 Å². The van der Waals surface area contributed by atoms with Gasteiger partial charge in [-0.15, -0.1) is 0 Å². The largest absolute Gasteiger partial charge is 0.348 e. The molecule has 0 aliphatic heterocycles. The molecule has 102 valence electrons. The van der Waals surface area contributed by atoms with E-state index in [2.05, 4.69) is 5.32 Å². The molecule has 0 aromatic heterocycles. The average molecular weight is 264 g/mol. The van der Waals surface area contributed by atoms with Gasteiger partial charge in [0.15, 0.2) is 9.84 Å². The van der Waals surface area contributed by atoms with E-state index in [1.165, 1.54) is 4.90 Å². The quantitative estimate of drug-likeness (QED) is 0.716. The summed E-state index contributed by atoms with van der Waals surface area (Å²) in [6.45, 7) is 6.39. The zero-order valence-electron chi connectivity index (χ0n) is 11.4. The number of amides is 1. The summed E-state index contributed by atoms with van der Waals surface area (Å²) >= 11 is 0. The smallest absolute Gasteiger partial charge is 0.237 e. The Kier molecular flexibility index (Phi) is 6.70. The first-order valence-corrected chi connectivity index (χ1v) is 7.57. The third-order valence-corrected chi connectivity index (χ3v) is 4.74. The molecule has 0 radical (unpaired) electrons. The predicted molar refractivity (Wildman–Crippen MR) is 69.7 cm³/mol. The normalized spacial score (nSPS) is 15.4. The second-order valence-electron chi connectivity index (χ2n) is 4.60. The molecule has 0 aliphatic rings. The summed E-state index contributed by atoms with van der Waals surface area (Å²) in [5.41, 5.74) is 0. The Hall–Kier alpha value is -0.620. The van der Waals surface area contributed by atoms with Crippen LogP contribution in [-0.4, -0.2) is 56.9 Å². The monoisotopic (exact) mass is 264 g/mol. The molecule has 1 N–H and O–H groups in total. The minimum absolute atomic E-state index is 0.138. The summed E-state index contributed by atoms with van der Waals surface area (Å²) in [7, 11) is -0.231. The molecule has 5 nitrogen and oxygen atoms in total. The van der Waals surface area contributed by atoms with Gasteiger partial charge in [-0.05, 0) is 26.8 Å². The zero-order chi connectivity index (χ0) is 13.6. The Morgan fingerprint density at radius 2 is 1.82 bits per heavy atom. The lowest BCUT2D eigenvalue weighted by molar-refractivity contribution is -0.125. The van der Waals surface area contributed by atoms with Crippen molar-refractivity contribution in [1.82, 2.24) is 10.2 Å². The maximum atomic E-state index is 11.9. The minimum Gasteiger partial charge on any atom is -0.348 e. The molecule has 0 aromatic carbocycles. The van der Waals surface area contributed by atoms with Crippen molar-refractivity contribution in [1.29, 1.82) is 0 Å². The second kappa shape index (κ2) is 6.96. The van der Waals surface area contributed by atoms with Crippen LogP contribution in [0.5, 0.6) is 0 Å². The molecule has 0 heterocycles. The van der Waals surface area contributed by atoms with Crippen LogP contribution in [0.1, 0.15) is 27.2 Å². The van der Waals surface area contributed by atoms with Crippen molar-refractivity contribution in [2.45, 2.75) is 38.5 Å². The first-order chi connectivity index (χ1) is 7.70. The van der Waals surface area contributed by atoms with Crippen molar-refractivity contribution in [3.05, 3.63) is 0 Å². The molecule has 17 heavy (non-hydrogen) atoms. The van der Waals surface area contributed by atoms with E-state index in [-0.39, 0.29) is 11.9 Å². The summed E-state index contributed by atoms with van der Waals surface area (Å²) in [5, 5.41) is 2.67. The van der Waals surface area contributed by atoms with Gasteiger partial charge in [0.2, 0.25) is 5.91 Å². The second-order valence-corrected chi connectivity index (χ2v) is 7.02. The van der Waals surface area contributed by atoms with Crippen LogP contribution < -0.4 is 5.32 Å². The topological polar surface area (TPSA) is 66.5 Å². The number of sulfone groups is 1. The first kappa shape index (κ1) is 16.4. The highest BCUT2D eigenvalue weighted by Crippen LogP contribution is 2.10. The van der Waals surface area contributed by atoms with Gasteiger partial charge in [-0.25, -0.2) is 8.42 Å². The highest BCUT2D eigenvalue weighted by Gasteiger charge is 2.26. The number of hydrogen-bond acceptors (Lipinski definition) is 4. The minimum atomic E-state index is -3.35. The molecular weight excluding hydrogens is 240 g/mol. The van der Waals surface area contributed by atoms with Gasteiger partial charge in [0, 0.05) is 20.1 Å². The Labute approximate surface area is 104 Å². The van der Waals surface area contributed by atoms with Crippen LogP contribution in [-0.2, 0) is 14.6 Å². The summed E-state index contributed by atoms with van der Waals surface area (Å²) in [4.78, 5) is 12.7. The molecule has 2 unspecified atom stereocenters. The molecule has 0 bridgehead atoms. The van der Waals surface area contributed by atoms with Crippen molar-refractivity contribution < 1.29 is 13.2 Å². The van der Waals surface area contributed by atoms with Crippen molar-refractivity contribution >= 4 is 15.7 Å². The van der Waals surface area contributed by atoms with Crippen LogP contribution >= 0.6 is 0 Å². The predicted octanol–water partition coefficient (Wildman–Crippen LogP) is 0.266. The summed E-state index contributed by atoms with van der Waals surface area (Å²) < 4.78 is 23.8. The fourth-order valence-corrected chi connectivity index (χ4v) is 2.99. The summed E-state index contributed by atoms with van der Waals surface area (Å²) in [6, 6.07) is 0.138. The van der Waals surface area contributed by atoms with E-state index in [4.69, 9.17) is 0 Å². The van der Waals surface area contributed by atoms with E-state index in [1.54, 1.807) is 21.0 Å². The van der Waals surface area contributed by atoms with E-state index in [0.717, 1.165) is 6.54 Å². The molecule has 0 spiro atoms. The Bertz CT molecular complexity index is 339. The number of nitrogens with one attached hydrogen (secondary N) is 1. The van der Waals surface area contributed by atoms with Gasteiger partial charge in [0.25, 0.3) is 0 Å². The number of rotatable bonds is 7. The molecule has 6 heteroatoms. The number of hydrogen-bond donors (Lipinski definition) is 1. The SMILES string of the molecule is CCNC(C)CC(C)S(=O)(=O)CC(=O)N(C)C. The van der Waals surface area contributed by atoms with E-state index in [9.17, 15) is 13.2 Å². The average Bonchev–Trinajstić information content (AvgIpc) is 2.16. The van der Waals surface area contributed by atoms with Crippen LogP contribution in [0.25, 0.3) is 0 Å². The van der Waals surface area contributed by atoms with Crippen molar-refractivity contribution in [3.63, 3.8) is 0 Å². The van der Waals surface area contributed by atoms with Crippen molar-refractivity contribution in [2.24, 2.45) is 0 Å². The van der Waals surface area contributed by atoms with Gasteiger partial charge in [-0.3, -0.25) is 4.79 Å². The van der Waals surface area contributed by atoms with Gasteiger partial charge in [-0.2, -0.15) is 0 Å². The first-order valence-electron chi connectivity index (χ1n) is 5.85. The molecule has 0 aliphatic carbocycles. The molecule has 1 amide bonds. The molecule has 2 atom stereocenters. The fourth-order valence-electron chi connectivity index (χ4n) is 1.52. The molecular formula is C11H24N2O3S. The van der Waals surface area contributed by atoms with E-state index in [1.807, 2.05) is 13.8 Å². The van der Waals surface area contributed by atoms with Crippen LogP contribution in [0.2, 0.25) is 0 Å². The third kappa shape index (κ3) is 6.02. The lowest BCUT2D eigenvalue weighted by Crippen LogP contribution is -2.37. The van der Waals surface area contributed by atoms with Crippen LogP contribution in [0, 0.1) is 0 Å². The fraction of sp³-hybridized carbons (Fsp3) is 0.909. The number of nitrogens with zero attached hydrogens (tertiary/aromatic N) is 1. The Morgan fingerprint density at radius 1 is 1.29 bits per heavy atom. The molecule has 0 saturated heterocycles. The summed E-state index contributed by atoms with van der Waals surface area (Å²) in [6.07, 6.45) is 0.525. The lowest BCUT2D eigenvalue weighted by atomic mass is 10.2. The molecule has 0 saturated carbocycles. The van der Waals surface area contributed by atoms with Gasteiger partial charge >= 0.3 is 0 Å². The molecule has 0 aromatic rings. The van der Waals surface area contributed by atoms with Gasteiger partial charge in [-0.1, -0.05) is 6.92 Å². The van der Waals surface area contributed by atoms with Crippen molar-refractivity contribution in [2.75, 3.05) is 26.4 Å². The Morgan fingerprint density at radius 3 is 2.24 bits per heavy atom. The van der Waals surface area contributed by atoms with Crippen LogP contribution in [0.4, 0.5) is 0 Å².